The van der Waals surface area contributed by atoms with Crippen LogP contribution in [0.25, 0.3) is 56.5 Å². The summed E-state index contributed by atoms with van der Waals surface area (Å²) in [5.41, 5.74) is 9.10. The van der Waals surface area contributed by atoms with E-state index < -0.39 is 0 Å². The number of hydrogen-bond donors (Lipinski definition) is 0. The fourth-order valence-electron chi connectivity index (χ4n) is 6.70. The zero-order chi connectivity index (χ0) is 31.5. The Bertz CT molecular complexity index is 2260. The van der Waals surface area contributed by atoms with Gasteiger partial charge in [-0.1, -0.05) is 117 Å². The third-order valence-electron chi connectivity index (χ3n) is 9.08. The molecule has 2 aliphatic rings. The van der Waals surface area contributed by atoms with Gasteiger partial charge in [0.05, 0.1) is 0 Å². The molecule has 0 bridgehead atoms. The molecule has 0 atom stereocenters. The third-order valence-corrected chi connectivity index (χ3v) is 9.08. The summed E-state index contributed by atoms with van der Waals surface area (Å²) in [6, 6.07) is 42.7. The Hall–Kier alpha value is -6.14. The van der Waals surface area contributed by atoms with Crippen LogP contribution in [0.2, 0.25) is 0 Å². The van der Waals surface area contributed by atoms with Crippen molar-refractivity contribution in [3.63, 3.8) is 0 Å². The number of fused-ring (bicyclic) bond motifs is 6. The molecule has 1 aliphatic carbocycles. The number of hydrogen-bond acceptors (Lipinski definition) is 6. The SMILES string of the molecule is CC1(C)c2ccccc2-c2c1ccc1c2Oc2c(cccc2-c2ccc(-c3nc(-c4ccccc4)nc(-c4ccccn4)n3)cc2)O1. The van der Waals surface area contributed by atoms with E-state index in [1.54, 1.807) is 6.20 Å². The second kappa shape index (κ2) is 10.5. The van der Waals surface area contributed by atoms with E-state index in [1.807, 2.05) is 78.9 Å². The van der Waals surface area contributed by atoms with Crippen LogP contribution in [0.1, 0.15) is 25.0 Å². The average molecular weight is 609 g/mol. The molecule has 0 unspecified atom stereocenters. The Kier molecular flexibility index (Phi) is 6.05. The summed E-state index contributed by atoms with van der Waals surface area (Å²) in [5, 5.41) is 0. The topological polar surface area (TPSA) is 70.0 Å². The Labute approximate surface area is 272 Å². The molecule has 6 nitrogen and oxygen atoms in total. The van der Waals surface area contributed by atoms with E-state index in [0.717, 1.165) is 39.3 Å². The maximum Gasteiger partial charge on any atom is 0.182 e. The van der Waals surface area contributed by atoms with Gasteiger partial charge in [-0.3, -0.25) is 4.98 Å². The van der Waals surface area contributed by atoms with Crippen molar-refractivity contribution < 1.29 is 9.47 Å². The maximum absolute atomic E-state index is 6.84. The van der Waals surface area contributed by atoms with Crippen molar-refractivity contribution >= 4 is 0 Å². The van der Waals surface area contributed by atoms with Gasteiger partial charge >= 0.3 is 0 Å². The maximum atomic E-state index is 6.84. The number of rotatable bonds is 4. The molecule has 0 radical (unpaired) electrons. The minimum Gasteiger partial charge on any atom is -0.449 e. The van der Waals surface area contributed by atoms with Gasteiger partial charge in [-0.25, -0.2) is 15.0 Å². The second-order valence-electron chi connectivity index (χ2n) is 12.3. The molecule has 0 saturated carbocycles. The molecule has 0 N–H and O–H groups in total. The zero-order valence-electron chi connectivity index (χ0n) is 25.8. The number of nitrogens with zero attached hydrogens (tertiary/aromatic N) is 4. The first-order valence-corrected chi connectivity index (χ1v) is 15.6. The lowest BCUT2D eigenvalue weighted by Gasteiger charge is -2.26. The first-order valence-electron chi connectivity index (χ1n) is 15.6. The Morgan fingerprint density at radius 1 is 0.468 bits per heavy atom. The van der Waals surface area contributed by atoms with E-state index in [2.05, 4.69) is 67.4 Å². The van der Waals surface area contributed by atoms with E-state index in [4.69, 9.17) is 24.4 Å². The Morgan fingerprint density at radius 2 is 1.13 bits per heavy atom. The van der Waals surface area contributed by atoms with Gasteiger partial charge in [0, 0.05) is 33.9 Å². The standard InChI is InChI=1S/C41H28N4O2/c1-41(2)30-15-7-6-13-29(30)35-31(41)22-23-34-37(35)47-36-28(14-10-17-33(36)46-34)25-18-20-27(21-19-25)39-43-38(26-11-4-3-5-12-26)44-40(45-39)32-16-8-9-24-42-32/h3-24H,1-2H3. The number of pyridine rings is 1. The van der Waals surface area contributed by atoms with Crippen LogP contribution < -0.4 is 9.47 Å². The minimum absolute atomic E-state index is 0.133. The fraction of sp³-hybridized carbons (Fsp3) is 0.0732. The molecule has 0 amide bonds. The van der Waals surface area contributed by atoms with Crippen LogP contribution >= 0.6 is 0 Å². The molecule has 6 heteroatoms. The van der Waals surface area contributed by atoms with Gasteiger partial charge in [0.25, 0.3) is 0 Å². The number of aromatic nitrogens is 4. The highest BCUT2D eigenvalue weighted by molar-refractivity contribution is 5.89. The average Bonchev–Trinajstić information content (AvgIpc) is 3.37. The molecule has 1 aliphatic heterocycles. The molecular formula is C41H28N4O2. The highest BCUT2D eigenvalue weighted by atomic mass is 16.6. The smallest absolute Gasteiger partial charge is 0.182 e. The predicted molar refractivity (Wildman–Crippen MR) is 184 cm³/mol. The molecule has 0 fully saturated rings. The van der Waals surface area contributed by atoms with Crippen LogP contribution in [0, 0.1) is 0 Å². The molecular weight excluding hydrogens is 580 g/mol. The minimum atomic E-state index is -0.133. The van der Waals surface area contributed by atoms with E-state index in [-0.39, 0.29) is 5.41 Å². The highest BCUT2D eigenvalue weighted by Crippen LogP contribution is 2.59. The van der Waals surface area contributed by atoms with Gasteiger partial charge < -0.3 is 9.47 Å². The first-order chi connectivity index (χ1) is 23.0. The summed E-state index contributed by atoms with van der Waals surface area (Å²) < 4.78 is 13.3. The van der Waals surface area contributed by atoms with E-state index in [9.17, 15) is 0 Å². The van der Waals surface area contributed by atoms with Crippen LogP contribution in [0.3, 0.4) is 0 Å². The summed E-state index contributed by atoms with van der Waals surface area (Å²) in [5.74, 6) is 4.58. The monoisotopic (exact) mass is 608 g/mol. The van der Waals surface area contributed by atoms with Gasteiger partial charge in [-0.2, -0.15) is 0 Å². The summed E-state index contributed by atoms with van der Waals surface area (Å²) in [7, 11) is 0. The molecule has 47 heavy (non-hydrogen) atoms. The number of ether oxygens (including phenoxy) is 2. The quantitative estimate of drug-likeness (QED) is 0.198. The van der Waals surface area contributed by atoms with Crippen molar-refractivity contribution in [1.29, 1.82) is 0 Å². The van der Waals surface area contributed by atoms with Gasteiger partial charge in [-0.05, 0) is 46.5 Å². The zero-order valence-corrected chi connectivity index (χ0v) is 25.8. The van der Waals surface area contributed by atoms with E-state index >= 15 is 0 Å². The lowest BCUT2D eigenvalue weighted by molar-refractivity contribution is 0.361. The van der Waals surface area contributed by atoms with Gasteiger partial charge in [-0.15, -0.1) is 0 Å². The van der Waals surface area contributed by atoms with Crippen molar-refractivity contribution in [1.82, 2.24) is 19.9 Å². The molecule has 5 aromatic carbocycles. The van der Waals surface area contributed by atoms with Crippen LogP contribution in [-0.2, 0) is 5.41 Å². The summed E-state index contributed by atoms with van der Waals surface area (Å²) >= 11 is 0. The summed E-state index contributed by atoms with van der Waals surface area (Å²) in [6.45, 7) is 4.53. The summed E-state index contributed by atoms with van der Waals surface area (Å²) in [6.07, 6.45) is 1.74. The molecule has 7 aromatic rings. The second-order valence-corrected chi connectivity index (χ2v) is 12.3. The van der Waals surface area contributed by atoms with Crippen molar-refractivity contribution in [3.05, 3.63) is 145 Å². The van der Waals surface area contributed by atoms with Crippen molar-refractivity contribution in [3.8, 4) is 79.5 Å². The van der Waals surface area contributed by atoms with Crippen molar-refractivity contribution in [2.24, 2.45) is 0 Å². The normalized spacial score (nSPS) is 13.4. The third kappa shape index (κ3) is 4.41. The van der Waals surface area contributed by atoms with Crippen LogP contribution in [-0.4, -0.2) is 19.9 Å². The van der Waals surface area contributed by atoms with E-state index in [1.165, 1.54) is 16.7 Å². The largest absolute Gasteiger partial charge is 0.449 e. The van der Waals surface area contributed by atoms with Gasteiger partial charge in [0.1, 0.15) is 5.69 Å². The van der Waals surface area contributed by atoms with Crippen LogP contribution in [0.4, 0.5) is 0 Å². The lowest BCUT2D eigenvalue weighted by Crippen LogP contribution is -2.15. The molecule has 224 valence electrons. The predicted octanol–water partition coefficient (Wildman–Crippen LogP) is 10.1. The van der Waals surface area contributed by atoms with Crippen LogP contribution in [0.15, 0.2) is 134 Å². The number of para-hydroxylation sites is 1. The first kappa shape index (κ1) is 27.2. The van der Waals surface area contributed by atoms with E-state index in [0.29, 0.717) is 34.7 Å². The number of benzene rings is 5. The molecule has 0 spiro atoms. The molecule has 9 rings (SSSR count). The van der Waals surface area contributed by atoms with Gasteiger partial charge in [0.2, 0.25) is 0 Å². The Balaban J connectivity index is 1.11. The van der Waals surface area contributed by atoms with Crippen molar-refractivity contribution in [2.75, 3.05) is 0 Å². The summed E-state index contributed by atoms with van der Waals surface area (Å²) in [4.78, 5) is 19.0. The van der Waals surface area contributed by atoms with Crippen molar-refractivity contribution in [2.45, 2.75) is 19.3 Å². The fourth-order valence-corrected chi connectivity index (χ4v) is 6.70. The van der Waals surface area contributed by atoms with Gasteiger partial charge in [0.15, 0.2) is 40.5 Å². The molecule has 2 aromatic heterocycles. The molecule has 0 saturated heterocycles. The lowest BCUT2D eigenvalue weighted by atomic mass is 9.82. The Morgan fingerprint density at radius 3 is 1.91 bits per heavy atom. The molecule has 3 heterocycles. The highest BCUT2D eigenvalue weighted by Gasteiger charge is 2.39. The van der Waals surface area contributed by atoms with Crippen LogP contribution in [0.5, 0.6) is 23.0 Å².